The smallest absolute Gasteiger partial charge is 0.157 e. The lowest BCUT2D eigenvalue weighted by atomic mass is 10.1. The molecule has 2 heterocycles. The van der Waals surface area contributed by atoms with Crippen LogP contribution < -0.4 is 5.32 Å². The van der Waals surface area contributed by atoms with Crippen LogP contribution in [0.2, 0.25) is 0 Å². The van der Waals surface area contributed by atoms with Crippen molar-refractivity contribution in [1.82, 2.24) is 5.32 Å². The highest BCUT2D eigenvalue weighted by atomic mass is 32.2. The molecule has 0 radical (unpaired) electrons. The molecule has 3 rings (SSSR count). The van der Waals surface area contributed by atoms with Gasteiger partial charge < -0.3 is 10.1 Å². The first-order chi connectivity index (χ1) is 7.33. The minimum atomic E-state index is 0.427. The van der Waals surface area contributed by atoms with Crippen molar-refractivity contribution in [3.05, 3.63) is 0 Å². The van der Waals surface area contributed by atoms with Crippen molar-refractivity contribution in [2.75, 3.05) is 12.4 Å². The quantitative estimate of drug-likeness (QED) is 0.777. The highest BCUT2D eigenvalue weighted by Crippen LogP contribution is 2.40. The number of ether oxygens (including phenoxy) is 1. The second-order valence-corrected chi connectivity index (χ2v) is 5.83. The van der Waals surface area contributed by atoms with E-state index in [1.165, 1.54) is 12.8 Å². The predicted molar refractivity (Wildman–Crippen MR) is 63.4 cm³/mol. The van der Waals surface area contributed by atoms with Crippen LogP contribution in [0.15, 0.2) is 4.99 Å². The minimum absolute atomic E-state index is 0.427. The van der Waals surface area contributed by atoms with Gasteiger partial charge in [0.15, 0.2) is 5.17 Å². The zero-order valence-corrected chi connectivity index (χ0v) is 9.93. The van der Waals surface area contributed by atoms with Crippen molar-refractivity contribution >= 4 is 16.9 Å². The van der Waals surface area contributed by atoms with E-state index in [-0.39, 0.29) is 0 Å². The summed E-state index contributed by atoms with van der Waals surface area (Å²) in [5, 5.41) is 4.56. The van der Waals surface area contributed by atoms with Gasteiger partial charge in [0.1, 0.15) is 0 Å². The third-order valence-corrected chi connectivity index (χ3v) is 4.48. The van der Waals surface area contributed by atoms with Gasteiger partial charge in [0.05, 0.1) is 12.1 Å². The predicted octanol–water partition coefficient (Wildman–Crippen LogP) is 1.63. The largest absolute Gasteiger partial charge is 0.376 e. The summed E-state index contributed by atoms with van der Waals surface area (Å²) in [6.07, 6.45) is 4.24. The maximum atomic E-state index is 5.78. The van der Waals surface area contributed by atoms with Crippen LogP contribution in [0.5, 0.6) is 0 Å². The third-order valence-electron chi connectivity index (χ3n) is 3.31. The highest BCUT2D eigenvalue weighted by Gasteiger charge is 2.40. The molecule has 2 saturated heterocycles. The Balaban J connectivity index is 1.65. The second kappa shape index (κ2) is 3.98. The van der Waals surface area contributed by atoms with Gasteiger partial charge in [-0.05, 0) is 32.1 Å². The van der Waals surface area contributed by atoms with Crippen LogP contribution >= 0.6 is 11.8 Å². The summed E-state index contributed by atoms with van der Waals surface area (Å²) >= 11 is 1.85. The SMILES string of the molecule is CC1CSC(=NC2CCOC2C2CC2)N1. The van der Waals surface area contributed by atoms with Crippen molar-refractivity contribution in [2.45, 2.75) is 44.4 Å². The lowest BCUT2D eigenvalue weighted by Gasteiger charge is -2.14. The van der Waals surface area contributed by atoms with Crippen molar-refractivity contribution in [3.63, 3.8) is 0 Å². The minimum Gasteiger partial charge on any atom is -0.376 e. The van der Waals surface area contributed by atoms with Gasteiger partial charge in [0.2, 0.25) is 0 Å². The number of hydrogen-bond acceptors (Lipinski definition) is 3. The monoisotopic (exact) mass is 226 g/mol. The molecule has 0 aromatic carbocycles. The zero-order valence-electron chi connectivity index (χ0n) is 9.11. The summed E-state index contributed by atoms with van der Waals surface area (Å²) in [4.78, 5) is 4.81. The van der Waals surface area contributed by atoms with Crippen molar-refractivity contribution in [3.8, 4) is 0 Å². The van der Waals surface area contributed by atoms with E-state index in [1.54, 1.807) is 0 Å². The topological polar surface area (TPSA) is 33.6 Å². The molecule has 84 valence electrons. The lowest BCUT2D eigenvalue weighted by Crippen LogP contribution is -2.27. The van der Waals surface area contributed by atoms with Crippen molar-refractivity contribution in [2.24, 2.45) is 10.9 Å². The summed E-state index contributed by atoms with van der Waals surface area (Å²) in [6, 6.07) is 1.01. The van der Waals surface area contributed by atoms with E-state index >= 15 is 0 Å². The number of amidine groups is 1. The van der Waals surface area contributed by atoms with Gasteiger partial charge in [0, 0.05) is 18.4 Å². The molecule has 1 aliphatic carbocycles. The van der Waals surface area contributed by atoms with Crippen molar-refractivity contribution < 1.29 is 4.74 Å². The Bertz CT molecular complexity index is 278. The molecule has 3 nitrogen and oxygen atoms in total. The fraction of sp³-hybridized carbons (Fsp3) is 0.909. The number of aliphatic imine (C=N–C) groups is 1. The van der Waals surface area contributed by atoms with E-state index in [0.717, 1.165) is 29.9 Å². The summed E-state index contributed by atoms with van der Waals surface area (Å²) in [5.74, 6) is 1.96. The summed E-state index contributed by atoms with van der Waals surface area (Å²) in [5.41, 5.74) is 0. The lowest BCUT2D eigenvalue weighted by molar-refractivity contribution is 0.0875. The van der Waals surface area contributed by atoms with Gasteiger partial charge in [-0.25, -0.2) is 0 Å². The van der Waals surface area contributed by atoms with Crippen LogP contribution in [0.4, 0.5) is 0 Å². The Morgan fingerprint density at radius 1 is 1.40 bits per heavy atom. The van der Waals surface area contributed by atoms with Crippen LogP contribution in [0.25, 0.3) is 0 Å². The number of thioether (sulfide) groups is 1. The first kappa shape index (κ1) is 9.97. The number of hydrogen-bond donors (Lipinski definition) is 1. The molecule has 0 aromatic heterocycles. The fourth-order valence-corrected chi connectivity index (χ4v) is 3.32. The van der Waals surface area contributed by atoms with Gasteiger partial charge in [-0.1, -0.05) is 11.8 Å². The molecule has 0 aromatic rings. The maximum Gasteiger partial charge on any atom is 0.157 e. The first-order valence-electron chi connectivity index (χ1n) is 5.91. The molecule has 1 N–H and O–H groups in total. The Morgan fingerprint density at radius 2 is 2.27 bits per heavy atom. The molecule has 4 heteroatoms. The summed E-state index contributed by atoms with van der Waals surface area (Å²) in [7, 11) is 0. The van der Waals surface area contributed by atoms with Gasteiger partial charge in [-0.3, -0.25) is 4.99 Å². The molecule has 3 unspecified atom stereocenters. The van der Waals surface area contributed by atoms with Crippen LogP contribution in [0.1, 0.15) is 26.2 Å². The van der Waals surface area contributed by atoms with Crippen LogP contribution in [0, 0.1) is 5.92 Å². The van der Waals surface area contributed by atoms with Crippen molar-refractivity contribution in [1.29, 1.82) is 0 Å². The van der Waals surface area contributed by atoms with E-state index < -0.39 is 0 Å². The fourth-order valence-electron chi connectivity index (χ4n) is 2.34. The number of nitrogens with zero attached hydrogens (tertiary/aromatic N) is 1. The normalized spacial score (nSPS) is 43.5. The van der Waals surface area contributed by atoms with E-state index in [2.05, 4.69) is 12.2 Å². The molecule has 3 atom stereocenters. The molecular weight excluding hydrogens is 208 g/mol. The van der Waals surface area contributed by atoms with Crippen LogP contribution in [-0.2, 0) is 4.74 Å². The zero-order chi connectivity index (χ0) is 10.3. The van der Waals surface area contributed by atoms with E-state index in [1.807, 2.05) is 11.8 Å². The van der Waals surface area contributed by atoms with Crippen LogP contribution in [0.3, 0.4) is 0 Å². The Labute approximate surface area is 95.1 Å². The van der Waals surface area contributed by atoms with Gasteiger partial charge >= 0.3 is 0 Å². The molecule has 15 heavy (non-hydrogen) atoms. The molecule has 0 spiro atoms. The molecule has 0 amide bonds. The average Bonchev–Trinajstić information content (AvgIpc) is 2.83. The molecule has 2 aliphatic heterocycles. The highest BCUT2D eigenvalue weighted by molar-refractivity contribution is 8.14. The van der Waals surface area contributed by atoms with E-state index in [0.29, 0.717) is 18.2 Å². The van der Waals surface area contributed by atoms with Gasteiger partial charge in [-0.2, -0.15) is 0 Å². The molecule has 1 saturated carbocycles. The maximum absolute atomic E-state index is 5.78. The van der Waals surface area contributed by atoms with E-state index in [9.17, 15) is 0 Å². The summed E-state index contributed by atoms with van der Waals surface area (Å²) < 4.78 is 5.78. The van der Waals surface area contributed by atoms with Crippen LogP contribution in [-0.4, -0.2) is 35.7 Å². The van der Waals surface area contributed by atoms with Gasteiger partial charge in [-0.15, -0.1) is 0 Å². The molecule has 3 aliphatic rings. The van der Waals surface area contributed by atoms with E-state index in [4.69, 9.17) is 9.73 Å². The first-order valence-corrected chi connectivity index (χ1v) is 6.90. The molecule has 0 bridgehead atoms. The Hall–Kier alpha value is -0.220. The number of nitrogens with one attached hydrogen (secondary N) is 1. The summed E-state index contributed by atoms with van der Waals surface area (Å²) in [6.45, 7) is 3.11. The standard InChI is InChI=1S/C11H18N2OS/c1-7-6-15-11(12-7)13-9-4-5-14-10(9)8-2-3-8/h7-10H,2-6H2,1H3,(H,12,13). The van der Waals surface area contributed by atoms with Gasteiger partial charge in [0.25, 0.3) is 0 Å². The average molecular weight is 226 g/mol. The molecular formula is C11H18N2OS. The molecule has 3 fully saturated rings. The third kappa shape index (κ3) is 2.16. The second-order valence-electron chi connectivity index (χ2n) is 4.82. The number of rotatable bonds is 2. The Morgan fingerprint density at radius 3 is 2.93 bits per heavy atom. The Kier molecular flexibility index (Phi) is 2.64.